The van der Waals surface area contributed by atoms with E-state index in [-0.39, 0.29) is 5.75 Å². The number of hydrogen-bond donors (Lipinski definition) is 0. The standard InChI is InChI=1S/C7H6BrClO2S2/c8-7-4-3-6(12-7)2-1-5-13(9,10)11/h1-4H,5H2/b2-1+. The second kappa shape index (κ2) is 4.59. The van der Waals surface area contributed by atoms with Crippen LogP contribution in [0.2, 0.25) is 0 Å². The largest absolute Gasteiger partial charge is 0.236 e. The summed E-state index contributed by atoms with van der Waals surface area (Å²) in [5.74, 6) is -0.135. The fraction of sp³-hybridized carbons (Fsp3) is 0.143. The Balaban J connectivity index is 2.60. The molecule has 6 heteroatoms. The summed E-state index contributed by atoms with van der Waals surface area (Å²) in [5, 5.41) is 0. The molecule has 0 aromatic carbocycles. The molecule has 1 rings (SSSR count). The lowest BCUT2D eigenvalue weighted by molar-refractivity contribution is 0.612. The molecule has 0 aliphatic rings. The third-order valence-corrected chi connectivity index (χ3v) is 3.73. The molecule has 0 aliphatic carbocycles. The summed E-state index contributed by atoms with van der Waals surface area (Å²) in [7, 11) is 1.61. The maximum Gasteiger partial charge on any atom is 0.236 e. The molecule has 1 heterocycles. The fourth-order valence-electron chi connectivity index (χ4n) is 0.697. The lowest BCUT2D eigenvalue weighted by atomic mass is 10.4. The van der Waals surface area contributed by atoms with Crippen LogP contribution in [0.4, 0.5) is 0 Å². The van der Waals surface area contributed by atoms with Crippen LogP contribution in [0.25, 0.3) is 6.08 Å². The smallest absolute Gasteiger partial charge is 0.212 e. The molecule has 0 atom stereocenters. The van der Waals surface area contributed by atoms with Crippen LogP contribution in [0.15, 0.2) is 22.0 Å². The Bertz CT molecular complexity index is 408. The van der Waals surface area contributed by atoms with E-state index in [0.29, 0.717) is 0 Å². The highest BCUT2D eigenvalue weighted by molar-refractivity contribution is 9.11. The predicted molar refractivity (Wildman–Crippen MR) is 60.7 cm³/mol. The van der Waals surface area contributed by atoms with E-state index in [4.69, 9.17) is 10.7 Å². The highest BCUT2D eigenvalue weighted by Crippen LogP contribution is 2.22. The topological polar surface area (TPSA) is 34.1 Å². The molecular formula is C7H6BrClO2S2. The number of thiophene rings is 1. The monoisotopic (exact) mass is 300 g/mol. The molecule has 0 radical (unpaired) electrons. The first kappa shape index (κ1) is 11.2. The third-order valence-electron chi connectivity index (χ3n) is 1.17. The van der Waals surface area contributed by atoms with Gasteiger partial charge in [0.1, 0.15) is 0 Å². The van der Waals surface area contributed by atoms with Crippen LogP contribution in [-0.2, 0) is 9.05 Å². The molecule has 0 fully saturated rings. The molecular weight excluding hydrogens is 296 g/mol. The van der Waals surface area contributed by atoms with Gasteiger partial charge in [0.25, 0.3) is 0 Å². The van der Waals surface area contributed by atoms with Crippen molar-refractivity contribution in [2.24, 2.45) is 0 Å². The number of halogens is 2. The van der Waals surface area contributed by atoms with Crippen molar-refractivity contribution in [1.82, 2.24) is 0 Å². The quantitative estimate of drug-likeness (QED) is 0.804. The lowest BCUT2D eigenvalue weighted by Gasteiger charge is -1.85. The molecule has 0 spiro atoms. The van der Waals surface area contributed by atoms with E-state index in [1.807, 2.05) is 12.1 Å². The summed E-state index contributed by atoms with van der Waals surface area (Å²) in [4.78, 5) is 0.993. The van der Waals surface area contributed by atoms with Gasteiger partial charge in [-0.25, -0.2) is 8.42 Å². The van der Waals surface area contributed by atoms with Crippen LogP contribution in [0.5, 0.6) is 0 Å². The zero-order valence-electron chi connectivity index (χ0n) is 6.41. The zero-order valence-corrected chi connectivity index (χ0v) is 10.4. The summed E-state index contributed by atoms with van der Waals surface area (Å²) in [6.07, 6.45) is 3.26. The van der Waals surface area contributed by atoms with Gasteiger partial charge in [0, 0.05) is 15.6 Å². The summed E-state index contributed by atoms with van der Waals surface area (Å²) < 4.78 is 22.1. The van der Waals surface area contributed by atoms with Crippen molar-refractivity contribution in [1.29, 1.82) is 0 Å². The van der Waals surface area contributed by atoms with Crippen molar-refractivity contribution < 1.29 is 8.42 Å². The van der Waals surface area contributed by atoms with Gasteiger partial charge in [-0.2, -0.15) is 0 Å². The van der Waals surface area contributed by atoms with Gasteiger partial charge in [0.15, 0.2) is 0 Å². The highest BCUT2D eigenvalue weighted by atomic mass is 79.9. The maximum atomic E-state index is 10.5. The molecule has 0 saturated carbocycles. The van der Waals surface area contributed by atoms with Crippen molar-refractivity contribution in [3.63, 3.8) is 0 Å². The van der Waals surface area contributed by atoms with Crippen LogP contribution in [0, 0.1) is 0 Å². The van der Waals surface area contributed by atoms with Crippen molar-refractivity contribution in [2.45, 2.75) is 0 Å². The minimum absolute atomic E-state index is 0.135. The predicted octanol–water partition coefficient (Wildman–Crippen LogP) is 3.09. The first-order valence-corrected chi connectivity index (χ1v) is 7.40. The molecule has 0 saturated heterocycles. The normalized spacial score (nSPS) is 12.5. The number of hydrogen-bond acceptors (Lipinski definition) is 3. The van der Waals surface area contributed by atoms with E-state index in [1.165, 1.54) is 17.4 Å². The van der Waals surface area contributed by atoms with Gasteiger partial charge in [-0.15, -0.1) is 11.3 Å². The first-order valence-electron chi connectivity index (χ1n) is 3.31. The lowest BCUT2D eigenvalue weighted by Crippen LogP contribution is -1.91. The Morgan fingerprint density at radius 3 is 2.69 bits per heavy atom. The number of rotatable bonds is 3. The van der Waals surface area contributed by atoms with Gasteiger partial charge in [0.05, 0.1) is 9.54 Å². The van der Waals surface area contributed by atoms with E-state index >= 15 is 0 Å². The Kier molecular flexibility index (Phi) is 3.97. The van der Waals surface area contributed by atoms with Gasteiger partial charge in [0.2, 0.25) is 9.05 Å². The van der Waals surface area contributed by atoms with Crippen LogP contribution in [0.1, 0.15) is 4.88 Å². The van der Waals surface area contributed by atoms with E-state index in [2.05, 4.69) is 15.9 Å². The van der Waals surface area contributed by atoms with Gasteiger partial charge < -0.3 is 0 Å². The zero-order chi connectivity index (χ0) is 9.90. The molecule has 1 aromatic heterocycles. The third kappa shape index (κ3) is 4.81. The second-order valence-electron chi connectivity index (χ2n) is 2.25. The molecule has 0 N–H and O–H groups in total. The molecule has 13 heavy (non-hydrogen) atoms. The van der Waals surface area contributed by atoms with Crippen molar-refractivity contribution in [2.75, 3.05) is 5.75 Å². The van der Waals surface area contributed by atoms with Gasteiger partial charge in [-0.3, -0.25) is 0 Å². The van der Waals surface area contributed by atoms with Crippen LogP contribution < -0.4 is 0 Å². The molecule has 1 aromatic rings. The van der Waals surface area contributed by atoms with Gasteiger partial charge in [-0.05, 0) is 34.1 Å². The van der Waals surface area contributed by atoms with Crippen LogP contribution >= 0.6 is 37.9 Å². The second-order valence-corrected chi connectivity index (χ2v) is 7.57. The SMILES string of the molecule is O=S(=O)(Cl)C/C=C/c1ccc(Br)s1. The van der Waals surface area contributed by atoms with E-state index in [9.17, 15) is 8.42 Å². The molecule has 0 bridgehead atoms. The molecule has 0 amide bonds. The first-order chi connectivity index (χ1) is 5.97. The average molecular weight is 302 g/mol. The van der Waals surface area contributed by atoms with E-state index < -0.39 is 9.05 Å². The summed E-state index contributed by atoms with van der Waals surface area (Å²) in [6.45, 7) is 0. The Morgan fingerprint density at radius 2 is 2.23 bits per heavy atom. The summed E-state index contributed by atoms with van der Waals surface area (Å²) in [6, 6.07) is 3.80. The van der Waals surface area contributed by atoms with Gasteiger partial charge in [-0.1, -0.05) is 6.08 Å². The van der Waals surface area contributed by atoms with Crippen LogP contribution in [0.3, 0.4) is 0 Å². The highest BCUT2D eigenvalue weighted by Gasteiger charge is 2.00. The van der Waals surface area contributed by atoms with E-state index in [0.717, 1.165) is 8.66 Å². The Hall–Kier alpha value is 0.160. The van der Waals surface area contributed by atoms with Crippen molar-refractivity contribution in [3.05, 3.63) is 26.9 Å². The Morgan fingerprint density at radius 1 is 1.54 bits per heavy atom. The molecule has 0 unspecified atom stereocenters. The summed E-state index contributed by atoms with van der Waals surface area (Å²) in [5.41, 5.74) is 0. The average Bonchev–Trinajstić information content (AvgIpc) is 2.33. The minimum atomic E-state index is -3.41. The van der Waals surface area contributed by atoms with Crippen LogP contribution in [-0.4, -0.2) is 14.2 Å². The molecule has 2 nitrogen and oxygen atoms in total. The molecule has 72 valence electrons. The molecule has 0 aliphatic heterocycles. The Labute approximate surface area is 93.8 Å². The van der Waals surface area contributed by atoms with Crippen molar-refractivity contribution >= 4 is 53.1 Å². The fourth-order valence-corrected chi connectivity index (χ4v) is 2.60. The summed E-state index contributed by atoms with van der Waals surface area (Å²) >= 11 is 4.83. The van der Waals surface area contributed by atoms with Crippen molar-refractivity contribution in [3.8, 4) is 0 Å². The minimum Gasteiger partial charge on any atom is -0.212 e. The maximum absolute atomic E-state index is 10.5. The van der Waals surface area contributed by atoms with E-state index in [1.54, 1.807) is 6.08 Å². The van der Waals surface area contributed by atoms with Gasteiger partial charge >= 0.3 is 0 Å².